The molecule has 0 N–H and O–H groups in total. The van der Waals surface area contributed by atoms with Crippen LogP contribution in [0.2, 0.25) is 0 Å². The van der Waals surface area contributed by atoms with Crippen molar-refractivity contribution in [1.82, 2.24) is 0 Å². The molecule has 0 bridgehead atoms. The van der Waals surface area contributed by atoms with E-state index in [0.29, 0.717) is 18.0 Å². The number of benzene rings is 2. The van der Waals surface area contributed by atoms with E-state index in [4.69, 9.17) is 9.47 Å². The highest BCUT2D eigenvalue weighted by Crippen LogP contribution is 2.50. The van der Waals surface area contributed by atoms with Crippen LogP contribution >= 0.6 is 0 Å². The lowest BCUT2D eigenvalue weighted by Crippen LogP contribution is -2.37. The second-order valence-corrected chi connectivity index (χ2v) is 6.37. The number of hydrogen-bond donors (Lipinski definition) is 0. The number of hydrogen-bond acceptors (Lipinski definition) is 3. The fraction of sp³-hybridized carbons (Fsp3) is 0.263. The summed E-state index contributed by atoms with van der Waals surface area (Å²) in [7, 11) is 0. The van der Waals surface area contributed by atoms with Gasteiger partial charge in [-0.25, -0.2) is 0 Å². The van der Waals surface area contributed by atoms with Gasteiger partial charge in [0.1, 0.15) is 0 Å². The first-order valence-electron chi connectivity index (χ1n) is 8.28. The van der Waals surface area contributed by atoms with E-state index in [2.05, 4.69) is 0 Å². The standard InChI is InChI=1S/C19H13F6NO2/c20-18(21,22)11-3-5-14-16(8-11)28-17-9-12(19(23,24)25)4-6-15(17)26(14)13-2-1-7-27-10-13/h1-6,8-9,13H,7,10H2/t13-/m1/s1. The number of rotatable bonds is 1. The Hall–Kier alpha value is -2.68. The predicted octanol–water partition coefficient (Wildman–Crippen LogP) is 5.92. The zero-order chi connectivity index (χ0) is 20.1. The molecule has 0 spiro atoms. The lowest BCUT2D eigenvalue weighted by Gasteiger charge is -2.38. The van der Waals surface area contributed by atoms with Gasteiger partial charge in [0.2, 0.25) is 0 Å². The molecule has 0 fully saturated rings. The first-order valence-corrected chi connectivity index (χ1v) is 8.28. The Kier molecular flexibility index (Phi) is 4.29. The molecule has 0 aromatic heterocycles. The molecular weight excluding hydrogens is 388 g/mol. The fourth-order valence-electron chi connectivity index (χ4n) is 3.23. The summed E-state index contributed by atoms with van der Waals surface area (Å²) in [6.45, 7) is 0.623. The molecule has 2 aromatic rings. The van der Waals surface area contributed by atoms with E-state index in [1.54, 1.807) is 17.1 Å². The van der Waals surface area contributed by atoms with Crippen molar-refractivity contribution in [2.75, 3.05) is 18.1 Å². The molecule has 0 saturated heterocycles. The van der Waals surface area contributed by atoms with Gasteiger partial charge in [0.05, 0.1) is 41.8 Å². The van der Waals surface area contributed by atoms with Gasteiger partial charge in [0.15, 0.2) is 11.5 Å². The Balaban J connectivity index is 1.86. The molecule has 4 rings (SSSR count). The molecule has 2 aliphatic rings. The molecule has 9 heteroatoms. The van der Waals surface area contributed by atoms with Gasteiger partial charge in [0, 0.05) is 0 Å². The number of fused-ring (bicyclic) bond motifs is 2. The second-order valence-electron chi connectivity index (χ2n) is 6.37. The number of alkyl halides is 6. The van der Waals surface area contributed by atoms with E-state index in [1.807, 2.05) is 0 Å². The van der Waals surface area contributed by atoms with E-state index < -0.39 is 29.5 Å². The molecule has 0 saturated carbocycles. The van der Waals surface area contributed by atoms with Crippen molar-refractivity contribution in [3.05, 3.63) is 59.7 Å². The zero-order valence-electron chi connectivity index (χ0n) is 14.1. The monoisotopic (exact) mass is 401 g/mol. The number of anilines is 2. The molecule has 3 nitrogen and oxygen atoms in total. The number of nitrogens with zero attached hydrogens (tertiary/aromatic N) is 1. The second kappa shape index (κ2) is 6.44. The van der Waals surface area contributed by atoms with E-state index >= 15 is 0 Å². The van der Waals surface area contributed by atoms with Gasteiger partial charge in [-0.15, -0.1) is 0 Å². The van der Waals surface area contributed by atoms with Crippen LogP contribution in [-0.4, -0.2) is 19.3 Å². The van der Waals surface area contributed by atoms with Crippen LogP contribution in [0.3, 0.4) is 0 Å². The molecule has 0 radical (unpaired) electrons. The lowest BCUT2D eigenvalue weighted by molar-refractivity contribution is -0.138. The molecule has 1 atom stereocenters. The largest absolute Gasteiger partial charge is 0.453 e. The molecule has 0 unspecified atom stereocenters. The average molecular weight is 401 g/mol. The highest BCUT2D eigenvalue weighted by Gasteiger charge is 2.37. The summed E-state index contributed by atoms with van der Waals surface area (Å²) in [6.07, 6.45) is -5.66. The van der Waals surface area contributed by atoms with E-state index in [9.17, 15) is 26.3 Å². The molecule has 0 aliphatic carbocycles. The van der Waals surface area contributed by atoms with Crippen LogP contribution in [0, 0.1) is 0 Å². The van der Waals surface area contributed by atoms with Crippen LogP contribution in [-0.2, 0) is 17.1 Å². The van der Waals surface area contributed by atoms with Gasteiger partial charge in [-0.1, -0.05) is 12.2 Å². The molecule has 28 heavy (non-hydrogen) atoms. The van der Waals surface area contributed by atoms with Crippen LogP contribution in [0.4, 0.5) is 37.7 Å². The van der Waals surface area contributed by atoms with Crippen LogP contribution in [0.5, 0.6) is 11.5 Å². The quantitative estimate of drug-likeness (QED) is 0.437. The number of ether oxygens (including phenoxy) is 2. The minimum Gasteiger partial charge on any atom is -0.453 e. The van der Waals surface area contributed by atoms with Gasteiger partial charge in [0.25, 0.3) is 0 Å². The summed E-state index contributed by atoms with van der Waals surface area (Å²) in [5.41, 5.74) is -1.25. The summed E-state index contributed by atoms with van der Waals surface area (Å²) in [4.78, 5) is 1.63. The molecule has 2 heterocycles. The first-order chi connectivity index (χ1) is 13.1. The van der Waals surface area contributed by atoms with Gasteiger partial charge in [-0.05, 0) is 36.4 Å². The topological polar surface area (TPSA) is 21.7 Å². The Morgan fingerprint density at radius 1 is 0.821 bits per heavy atom. The third kappa shape index (κ3) is 3.30. The Morgan fingerprint density at radius 3 is 1.79 bits per heavy atom. The SMILES string of the molecule is FC(F)(F)c1ccc2c(c1)Oc1cc(C(F)(F)F)ccc1N2[C@@H]1C=CCOC1. The number of halogens is 6. The summed E-state index contributed by atoms with van der Waals surface area (Å²) < 4.78 is 89.3. The smallest absolute Gasteiger partial charge is 0.416 e. The van der Waals surface area contributed by atoms with Crippen LogP contribution < -0.4 is 9.64 Å². The van der Waals surface area contributed by atoms with Gasteiger partial charge in [-0.3, -0.25) is 0 Å². The summed E-state index contributed by atoms with van der Waals surface area (Å²) in [5, 5.41) is 0. The van der Waals surface area contributed by atoms with Gasteiger partial charge >= 0.3 is 12.4 Å². The summed E-state index contributed by atoms with van der Waals surface area (Å²) >= 11 is 0. The lowest BCUT2D eigenvalue weighted by atomic mass is 10.0. The van der Waals surface area contributed by atoms with Crippen LogP contribution in [0.1, 0.15) is 11.1 Å². The van der Waals surface area contributed by atoms with Crippen molar-refractivity contribution < 1.29 is 35.8 Å². The minimum atomic E-state index is -4.61. The maximum Gasteiger partial charge on any atom is 0.416 e. The third-order valence-electron chi connectivity index (χ3n) is 4.51. The summed E-state index contributed by atoms with van der Waals surface area (Å²) in [5.74, 6) is -0.332. The van der Waals surface area contributed by atoms with Gasteiger partial charge in [-0.2, -0.15) is 26.3 Å². The van der Waals surface area contributed by atoms with Crippen molar-refractivity contribution in [3.63, 3.8) is 0 Å². The van der Waals surface area contributed by atoms with Crippen molar-refractivity contribution in [3.8, 4) is 11.5 Å². The molecule has 2 aliphatic heterocycles. The predicted molar refractivity (Wildman–Crippen MR) is 88.8 cm³/mol. The highest BCUT2D eigenvalue weighted by molar-refractivity contribution is 5.79. The molecule has 0 amide bonds. The van der Waals surface area contributed by atoms with Gasteiger partial charge < -0.3 is 14.4 Å². The van der Waals surface area contributed by atoms with Crippen molar-refractivity contribution in [1.29, 1.82) is 0 Å². The van der Waals surface area contributed by atoms with E-state index in [-0.39, 0.29) is 18.1 Å². The molecule has 148 valence electrons. The maximum atomic E-state index is 13.1. The zero-order valence-corrected chi connectivity index (χ0v) is 14.1. The van der Waals surface area contributed by atoms with E-state index in [0.717, 1.165) is 24.3 Å². The Bertz CT molecular complexity index is 871. The molecular formula is C19H13F6NO2. The van der Waals surface area contributed by atoms with Crippen molar-refractivity contribution in [2.24, 2.45) is 0 Å². The van der Waals surface area contributed by atoms with Crippen LogP contribution in [0.15, 0.2) is 48.6 Å². The Labute approximate surface area is 155 Å². The average Bonchev–Trinajstić information content (AvgIpc) is 2.64. The van der Waals surface area contributed by atoms with Crippen molar-refractivity contribution >= 4 is 11.4 Å². The highest BCUT2D eigenvalue weighted by atomic mass is 19.4. The fourth-order valence-corrected chi connectivity index (χ4v) is 3.23. The first kappa shape index (κ1) is 18.7. The Morgan fingerprint density at radius 2 is 1.36 bits per heavy atom. The van der Waals surface area contributed by atoms with Crippen LogP contribution in [0.25, 0.3) is 0 Å². The van der Waals surface area contributed by atoms with E-state index in [1.165, 1.54) is 12.1 Å². The summed E-state index contributed by atoms with van der Waals surface area (Å²) in [6, 6.07) is 5.51. The third-order valence-corrected chi connectivity index (χ3v) is 4.51. The maximum absolute atomic E-state index is 13.1. The normalized spacial score (nSPS) is 19.1. The van der Waals surface area contributed by atoms with Crippen molar-refractivity contribution in [2.45, 2.75) is 18.4 Å². The minimum absolute atomic E-state index is 0.166. The molecule has 2 aromatic carbocycles.